The molecule has 1 fully saturated rings. The van der Waals surface area contributed by atoms with Gasteiger partial charge in [-0.25, -0.2) is 4.39 Å². The molecule has 18 heavy (non-hydrogen) atoms. The summed E-state index contributed by atoms with van der Waals surface area (Å²) < 4.78 is 13.4. The lowest BCUT2D eigenvalue weighted by molar-refractivity contribution is 0.158. The number of benzene rings is 1. The van der Waals surface area contributed by atoms with Crippen molar-refractivity contribution >= 4 is 17.3 Å². The molecule has 1 aliphatic rings. The van der Waals surface area contributed by atoms with Crippen molar-refractivity contribution in [3.8, 4) is 0 Å². The van der Waals surface area contributed by atoms with E-state index in [2.05, 4.69) is 22.2 Å². The molecular weight excluding hydrogens is 253 g/mol. The monoisotopic (exact) mass is 271 g/mol. The number of piperazine rings is 1. The van der Waals surface area contributed by atoms with E-state index in [9.17, 15) is 4.39 Å². The number of likely N-dealkylation sites (N-methyl/N-ethyl adjacent to an activating group) is 1. The van der Waals surface area contributed by atoms with E-state index in [1.165, 1.54) is 6.07 Å². The molecule has 100 valence electrons. The zero-order chi connectivity index (χ0) is 13.0. The average Bonchev–Trinajstić information content (AvgIpc) is 2.36. The first kappa shape index (κ1) is 13.6. The van der Waals surface area contributed by atoms with Crippen LogP contribution in [0.3, 0.4) is 0 Å². The highest BCUT2D eigenvalue weighted by Crippen LogP contribution is 2.19. The highest BCUT2D eigenvalue weighted by Gasteiger charge is 2.13. The second-order valence-corrected chi connectivity index (χ2v) is 5.13. The van der Waals surface area contributed by atoms with Crippen LogP contribution in [0.5, 0.6) is 0 Å². The van der Waals surface area contributed by atoms with Gasteiger partial charge in [0.25, 0.3) is 0 Å². The molecule has 1 heterocycles. The maximum absolute atomic E-state index is 13.4. The fourth-order valence-corrected chi connectivity index (χ4v) is 2.23. The number of hydrogen-bond donors (Lipinski definition) is 1. The van der Waals surface area contributed by atoms with Crippen LogP contribution >= 0.6 is 11.6 Å². The molecule has 0 amide bonds. The molecule has 0 radical (unpaired) electrons. The van der Waals surface area contributed by atoms with Crippen LogP contribution in [0.1, 0.15) is 0 Å². The third-order valence-electron chi connectivity index (χ3n) is 3.27. The zero-order valence-electron chi connectivity index (χ0n) is 10.6. The summed E-state index contributed by atoms with van der Waals surface area (Å²) in [7, 11) is 2.14. The molecule has 0 bridgehead atoms. The Kier molecular flexibility index (Phi) is 4.80. The smallest absolute Gasteiger partial charge is 0.146 e. The van der Waals surface area contributed by atoms with Crippen molar-refractivity contribution in [3.05, 3.63) is 29.0 Å². The summed E-state index contributed by atoms with van der Waals surface area (Å²) in [4.78, 5) is 4.70. The molecule has 0 saturated carbocycles. The number of hydrogen-bond acceptors (Lipinski definition) is 3. The largest absolute Gasteiger partial charge is 0.381 e. The van der Waals surface area contributed by atoms with Gasteiger partial charge in [-0.3, -0.25) is 4.90 Å². The van der Waals surface area contributed by atoms with Crippen molar-refractivity contribution < 1.29 is 4.39 Å². The Morgan fingerprint density at radius 1 is 1.28 bits per heavy atom. The van der Waals surface area contributed by atoms with Gasteiger partial charge in [0.1, 0.15) is 5.82 Å². The molecule has 1 saturated heterocycles. The molecule has 1 aliphatic heterocycles. The van der Waals surface area contributed by atoms with E-state index in [1.54, 1.807) is 12.1 Å². The highest BCUT2D eigenvalue weighted by atomic mass is 35.5. The van der Waals surface area contributed by atoms with E-state index in [0.717, 1.165) is 39.3 Å². The number of nitrogens with zero attached hydrogens (tertiary/aromatic N) is 2. The number of halogens is 2. The van der Waals surface area contributed by atoms with Gasteiger partial charge in [-0.1, -0.05) is 11.6 Å². The zero-order valence-corrected chi connectivity index (χ0v) is 11.4. The molecule has 1 aromatic carbocycles. The Bertz CT molecular complexity index is 392. The third kappa shape index (κ3) is 3.83. The predicted molar refractivity (Wildman–Crippen MR) is 73.8 cm³/mol. The second kappa shape index (κ2) is 6.36. The van der Waals surface area contributed by atoms with E-state index in [4.69, 9.17) is 11.6 Å². The Morgan fingerprint density at radius 2 is 2.00 bits per heavy atom. The van der Waals surface area contributed by atoms with Crippen LogP contribution in [-0.2, 0) is 0 Å². The van der Waals surface area contributed by atoms with Crippen LogP contribution in [0.2, 0.25) is 5.02 Å². The molecule has 0 aliphatic carbocycles. The van der Waals surface area contributed by atoms with Crippen molar-refractivity contribution in [2.75, 3.05) is 51.6 Å². The summed E-state index contributed by atoms with van der Waals surface area (Å²) in [6, 6.07) is 4.57. The van der Waals surface area contributed by atoms with Crippen LogP contribution in [0.4, 0.5) is 10.1 Å². The number of anilines is 1. The first-order chi connectivity index (χ1) is 8.65. The molecule has 1 N–H and O–H groups in total. The van der Waals surface area contributed by atoms with Crippen molar-refractivity contribution in [1.29, 1.82) is 0 Å². The standard InChI is InChI=1S/C13H19ClFN3/c1-17-6-8-18(9-7-17)5-4-16-13-10-11(14)2-3-12(13)15/h2-3,10,16H,4-9H2,1H3. The van der Waals surface area contributed by atoms with E-state index < -0.39 is 0 Å². The van der Waals surface area contributed by atoms with Crippen LogP contribution in [0, 0.1) is 5.82 Å². The van der Waals surface area contributed by atoms with Gasteiger partial charge < -0.3 is 10.2 Å². The Morgan fingerprint density at radius 3 is 2.72 bits per heavy atom. The minimum atomic E-state index is -0.252. The van der Waals surface area contributed by atoms with E-state index in [1.807, 2.05) is 0 Å². The normalized spacial score (nSPS) is 17.9. The van der Waals surface area contributed by atoms with Crippen LogP contribution < -0.4 is 5.32 Å². The lowest BCUT2D eigenvalue weighted by Gasteiger charge is -2.32. The second-order valence-electron chi connectivity index (χ2n) is 4.70. The average molecular weight is 272 g/mol. The lowest BCUT2D eigenvalue weighted by Crippen LogP contribution is -2.45. The van der Waals surface area contributed by atoms with Crippen LogP contribution in [0.25, 0.3) is 0 Å². The van der Waals surface area contributed by atoms with Crippen molar-refractivity contribution in [2.24, 2.45) is 0 Å². The quantitative estimate of drug-likeness (QED) is 0.905. The van der Waals surface area contributed by atoms with Crippen molar-refractivity contribution in [3.63, 3.8) is 0 Å². The summed E-state index contributed by atoms with van der Waals surface area (Å²) in [5.41, 5.74) is 0.483. The fraction of sp³-hybridized carbons (Fsp3) is 0.538. The van der Waals surface area contributed by atoms with Gasteiger partial charge in [-0.05, 0) is 25.2 Å². The van der Waals surface area contributed by atoms with E-state index in [0.29, 0.717) is 10.7 Å². The first-order valence-electron chi connectivity index (χ1n) is 6.25. The highest BCUT2D eigenvalue weighted by molar-refractivity contribution is 6.30. The summed E-state index contributed by atoms with van der Waals surface area (Å²) in [6.07, 6.45) is 0. The van der Waals surface area contributed by atoms with E-state index >= 15 is 0 Å². The molecule has 2 rings (SSSR count). The van der Waals surface area contributed by atoms with Crippen molar-refractivity contribution in [2.45, 2.75) is 0 Å². The Balaban J connectivity index is 1.76. The van der Waals surface area contributed by atoms with E-state index in [-0.39, 0.29) is 5.82 Å². The van der Waals surface area contributed by atoms with Gasteiger partial charge in [0.15, 0.2) is 0 Å². The Labute approximate surface area is 113 Å². The van der Waals surface area contributed by atoms with Crippen LogP contribution in [-0.4, -0.2) is 56.1 Å². The predicted octanol–water partition coefficient (Wildman–Crippen LogP) is 2.14. The van der Waals surface area contributed by atoms with Gasteiger partial charge in [-0.15, -0.1) is 0 Å². The minimum absolute atomic E-state index is 0.252. The lowest BCUT2D eigenvalue weighted by atomic mass is 10.3. The SMILES string of the molecule is CN1CCN(CCNc2cc(Cl)ccc2F)CC1. The van der Waals surface area contributed by atoms with Gasteiger partial charge in [0.05, 0.1) is 5.69 Å². The fourth-order valence-electron chi connectivity index (χ4n) is 2.05. The third-order valence-corrected chi connectivity index (χ3v) is 3.50. The van der Waals surface area contributed by atoms with Gasteiger partial charge >= 0.3 is 0 Å². The first-order valence-corrected chi connectivity index (χ1v) is 6.63. The summed E-state index contributed by atoms with van der Waals surface area (Å²) in [5, 5.41) is 3.65. The topological polar surface area (TPSA) is 18.5 Å². The number of nitrogens with one attached hydrogen (secondary N) is 1. The molecular formula is C13H19ClFN3. The molecule has 0 unspecified atom stereocenters. The molecule has 5 heteroatoms. The molecule has 0 spiro atoms. The van der Waals surface area contributed by atoms with Crippen molar-refractivity contribution in [1.82, 2.24) is 9.80 Å². The molecule has 0 aromatic heterocycles. The van der Waals surface area contributed by atoms with Gasteiger partial charge in [0, 0.05) is 44.3 Å². The summed E-state index contributed by atoms with van der Waals surface area (Å²) in [6.45, 7) is 6.03. The molecule has 0 atom stereocenters. The summed E-state index contributed by atoms with van der Waals surface area (Å²) >= 11 is 5.84. The summed E-state index contributed by atoms with van der Waals surface area (Å²) in [5.74, 6) is -0.252. The Hall–Kier alpha value is -0.840. The maximum Gasteiger partial charge on any atom is 0.146 e. The maximum atomic E-state index is 13.4. The van der Waals surface area contributed by atoms with Gasteiger partial charge in [0.2, 0.25) is 0 Å². The van der Waals surface area contributed by atoms with Crippen LogP contribution in [0.15, 0.2) is 18.2 Å². The molecule has 1 aromatic rings. The van der Waals surface area contributed by atoms with Gasteiger partial charge in [-0.2, -0.15) is 0 Å². The number of rotatable bonds is 4. The molecule has 3 nitrogen and oxygen atoms in total. The minimum Gasteiger partial charge on any atom is -0.381 e.